The molecule has 3 rings (SSSR count). The quantitative estimate of drug-likeness (QED) is 0.626. The van der Waals surface area contributed by atoms with Crippen molar-refractivity contribution in [2.24, 2.45) is 4.99 Å². The number of carbonyl (C=O) groups is 1. The molecule has 0 bridgehead atoms. The maximum absolute atomic E-state index is 12.4. The van der Waals surface area contributed by atoms with Gasteiger partial charge < -0.3 is 4.57 Å². The van der Waals surface area contributed by atoms with Gasteiger partial charge in [0.05, 0.1) is 5.69 Å². The van der Waals surface area contributed by atoms with Crippen LogP contribution in [0, 0.1) is 13.8 Å². The van der Waals surface area contributed by atoms with Crippen molar-refractivity contribution in [1.82, 2.24) is 4.57 Å². The molecule has 0 N–H and O–H groups in total. The van der Waals surface area contributed by atoms with Crippen LogP contribution in [-0.2, 0) is 6.54 Å². The highest BCUT2D eigenvalue weighted by atomic mass is 32.1. The summed E-state index contributed by atoms with van der Waals surface area (Å²) in [4.78, 5) is 17.4. The zero-order valence-corrected chi connectivity index (χ0v) is 15.2. The number of hydrogen-bond acceptors (Lipinski definition) is 2. The molecular weight excluding hydrogens is 328 g/mol. The second-order valence-electron chi connectivity index (χ2n) is 5.90. The normalized spacial score (nSPS) is 11.5. The first-order valence-electron chi connectivity index (χ1n) is 8.11. The summed E-state index contributed by atoms with van der Waals surface area (Å²) in [6, 6.07) is 15.5. The van der Waals surface area contributed by atoms with Gasteiger partial charge in [0, 0.05) is 23.1 Å². The van der Waals surface area contributed by atoms with E-state index in [1.165, 1.54) is 22.5 Å². The summed E-state index contributed by atoms with van der Waals surface area (Å²) in [5, 5.41) is 2.05. The van der Waals surface area contributed by atoms with Gasteiger partial charge in [0.2, 0.25) is 0 Å². The molecule has 0 fully saturated rings. The van der Waals surface area contributed by atoms with Gasteiger partial charge in [0.1, 0.15) is 0 Å². The molecule has 1 amide bonds. The number of nitrogens with zero attached hydrogens (tertiary/aromatic N) is 2. The fourth-order valence-corrected chi connectivity index (χ4v) is 3.68. The molecule has 2 aromatic carbocycles. The molecule has 3 aromatic rings. The minimum Gasteiger partial charge on any atom is -0.313 e. The molecule has 0 aliphatic heterocycles. The first-order valence-corrected chi connectivity index (χ1v) is 8.99. The molecule has 0 atom stereocenters. The fourth-order valence-electron chi connectivity index (χ4n) is 2.77. The standard InChI is InChI=1S/C21H20N2OS/c1-4-12-23-19(18-11-10-15(2)13-16(18)3)14-25-21(23)22-20(24)17-8-6-5-7-9-17/h4-11,13-14H,1,12H2,2-3H3. The van der Waals surface area contributed by atoms with Gasteiger partial charge in [-0.25, -0.2) is 0 Å². The number of rotatable bonds is 4. The molecule has 0 aliphatic rings. The average Bonchev–Trinajstić information content (AvgIpc) is 2.98. The van der Waals surface area contributed by atoms with Crippen molar-refractivity contribution < 1.29 is 4.79 Å². The van der Waals surface area contributed by atoms with Crippen LogP contribution < -0.4 is 4.80 Å². The molecule has 0 spiro atoms. The van der Waals surface area contributed by atoms with Crippen molar-refractivity contribution >= 4 is 17.2 Å². The van der Waals surface area contributed by atoms with Crippen LogP contribution in [0.2, 0.25) is 0 Å². The molecule has 0 saturated heterocycles. The Bertz CT molecular complexity index is 981. The smallest absolute Gasteiger partial charge is 0.279 e. The molecule has 1 heterocycles. The van der Waals surface area contributed by atoms with E-state index in [-0.39, 0.29) is 5.91 Å². The van der Waals surface area contributed by atoms with E-state index in [9.17, 15) is 4.79 Å². The Hall–Kier alpha value is -2.72. The highest BCUT2D eigenvalue weighted by Crippen LogP contribution is 2.25. The zero-order valence-electron chi connectivity index (χ0n) is 14.4. The third-order valence-corrected chi connectivity index (χ3v) is 4.85. The molecule has 4 heteroatoms. The maximum Gasteiger partial charge on any atom is 0.279 e. The van der Waals surface area contributed by atoms with Crippen molar-refractivity contribution in [3.8, 4) is 11.3 Å². The second kappa shape index (κ2) is 7.45. The van der Waals surface area contributed by atoms with Crippen molar-refractivity contribution in [2.75, 3.05) is 0 Å². The van der Waals surface area contributed by atoms with Gasteiger partial charge in [0.15, 0.2) is 4.80 Å². The lowest BCUT2D eigenvalue weighted by molar-refractivity contribution is 0.0998. The van der Waals surface area contributed by atoms with E-state index in [1.54, 1.807) is 12.1 Å². The third kappa shape index (κ3) is 3.69. The first-order chi connectivity index (χ1) is 12.1. The van der Waals surface area contributed by atoms with E-state index < -0.39 is 0 Å². The van der Waals surface area contributed by atoms with Crippen LogP contribution >= 0.6 is 11.3 Å². The van der Waals surface area contributed by atoms with Crippen LogP contribution in [0.25, 0.3) is 11.3 Å². The lowest BCUT2D eigenvalue weighted by Crippen LogP contribution is -2.17. The number of allylic oxidation sites excluding steroid dienone is 1. The molecule has 0 aliphatic carbocycles. The van der Waals surface area contributed by atoms with Crippen LogP contribution in [0.1, 0.15) is 21.5 Å². The number of amides is 1. The van der Waals surface area contributed by atoms with Gasteiger partial charge in [-0.1, -0.05) is 48.0 Å². The Labute approximate surface area is 151 Å². The molecule has 1 aromatic heterocycles. The fraction of sp³-hybridized carbons (Fsp3) is 0.143. The topological polar surface area (TPSA) is 34.4 Å². The van der Waals surface area contributed by atoms with E-state index in [2.05, 4.69) is 49.0 Å². The van der Waals surface area contributed by atoms with E-state index in [0.29, 0.717) is 16.9 Å². The zero-order chi connectivity index (χ0) is 17.8. The lowest BCUT2D eigenvalue weighted by atomic mass is 10.0. The molecular formula is C21H20N2OS. The third-order valence-electron chi connectivity index (χ3n) is 3.99. The van der Waals surface area contributed by atoms with Crippen LogP contribution in [0.3, 0.4) is 0 Å². The van der Waals surface area contributed by atoms with Crippen molar-refractivity contribution in [3.63, 3.8) is 0 Å². The van der Waals surface area contributed by atoms with Crippen LogP contribution in [-0.4, -0.2) is 10.5 Å². The van der Waals surface area contributed by atoms with Crippen LogP contribution in [0.5, 0.6) is 0 Å². The number of aromatic nitrogens is 1. The molecule has 0 radical (unpaired) electrons. The van der Waals surface area contributed by atoms with Crippen LogP contribution in [0.15, 0.2) is 71.6 Å². The number of benzene rings is 2. The largest absolute Gasteiger partial charge is 0.313 e. The predicted octanol–water partition coefficient (Wildman–Crippen LogP) is 4.76. The molecule has 3 nitrogen and oxygen atoms in total. The highest BCUT2D eigenvalue weighted by molar-refractivity contribution is 7.07. The summed E-state index contributed by atoms with van der Waals surface area (Å²) in [6.45, 7) is 8.63. The monoisotopic (exact) mass is 348 g/mol. The molecule has 0 saturated carbocycles. The average molecular weight is 348 g/mol. The van der Waals surface area contributed by atoms with E-state index in [0.717, 1.165) is 11.3 Å². The summed E-state index contributed by atoms with van der Waals surface area (Å²) >= 11 is 1.47. The summed E-state index contributed by atoms with van der Waals surface area (Å²) in [6.07, 6.45) is 1.83. The van der Waals surface area contributed by atoms with E-state index >= 15 is 0 Å². The van der Waals surface area contributed by atoms with Crippen LogP contribution in [0.4, 0.5) is 0 Å². The van der Waals surface area contributed by atoms with Crippen molar-refractivity contribution in [1.29, 1.82) is 0 Å². The lowest BCUT2D eigenvalue weighted by Gasteiger charge is -2.10. The van der Waals surface area contributed by atoms with Crippen molar-refractivity contribution in [2.45, 2.75) is 20.4 Å². The Morgan fingerprint density at radius 2 is 1.96 bits per heavy atom. The van der Waals surface area contributed by atoms with Gasteiger partial charge in [-0.15, -0.1) is 17.9 Å². The predicted molar refractivity (Wildman–Crippen MR) is 104 cm³/mol. The van der Waals surface area contributed by atoms with Gasteiger partial charge in [-0.05, 0) is 31.5 Å². The van der Waals surface area contributed by atoms with Gasteiger partial charge in [-0.2, -0.15) is 4.99 Å². The minimum absolute atomic E-state index is 0.229. The number of carbonyl (C=O) groups excluding carboxylic acids is 1. The molecule has 126 valence electrons. The SMILES string of the molecule is C=CCn1c(-c2ccc(C)cc2C)csc1=NC(=O)c1ccccc1. The summed E-state index contributed by atoms with van der Waals surface area (Å²) in [7, 11) is 0. The first kappa shape index (κ1) is 17.1. The second-order valence-corrected chi connectivity index (χ2v) is 6.74. The number of hydrogen-bond donors (Lipinski definition) is 0. The Balaban J connectivity index is 2.10. The molecule has 25 heavy (non-hydrogen) atoms. The highest BCUT2D eigenvalue weighted by Gasteiger charge is 2.11. The van der Waals surface area contributed by atoms with Gasteiger partial charge in [-0.3, -0.25) is 4.79 Å². The maximum atomic E-state index is 12.4. The van der Waals surface area contributed by atoms with Crippen molar-refractivity contribution in [3.05, 3.63) is 88.1 Å². The summed E-state index contributed by atoms with van der Waals surface area (Å²) in [5.74, 6) is -0.229. The number of thiazole rings is 1. The van der Waals surface area contributed by atoms with Gasteiger partial charge >= 0.3 is 0 Å². The van der Waals surface area contributed by atoms with E-state index in [1.807, 2.05) is 28.8 Å². The Morgan fingerprint density at radius 1 is 1.20 bits per heavy atom. The van der Waals surface area contributed by atoms with Gasteiger partial charge in [0.25, 0.3) is 5.91 Å². The Morgan fingerprint density at radius 3 is 2.64 bits per heavy atom. The number of aryl methyl sites for hydroxylation is 2. The minimum atomic E-state index is -0.229. The summed E-state index contributed by atoms with van der Waals surface area (Å²) in [5.41, 5.74) is 5.24. The van der Waals surface area contributed by atoms with E-state index in [4.69, 9.17) is 0 Å². The summed E-state index contributed by atoms with van der Waals surface area (Å²) < 4.78 is 2.04. The Kier molecular flexibility index (Phi) is 5.10. The molecule has 0 unspecified atom stereocenters.